The molecule has 0 radical (unpaired) electrons. The topological polar surface area (TPSA) is 125 Å². The first kappa shape index (κ1) is 14.7. The second-order valence-electron chi connectivity index (χ2n) is 5.74. The molecule has 1 aliphatic heterocycles. The van der Waals surface area contributed by atoms with Crippen molar-refractivity contribution in [1.29, 1.82) is 0 Å². The maximum atomic E-state index is 6.21. The minimum Gasteiger partial charge on any atom is -0.489 e. The van der Waals surface area contributed by atoms with Gasteiger partial charge in [0.15, 0.2) is 5.82 Å². The molecule has 0 spiro atoms. The fraction of sp³-hybridized carbons (Fsp3) is 0.312. The van der Waals surface area contributed by atoms with Crippen LogP contribution in [0, 0.1) is 0 Å². The second-order valence-corrected chi connectivity index (χ2v) is 5.74. The molecule has 124 valence electrons. The van der Waals surface area contributed by atoms with Crippen molar-refractivity contribution >= 4 is 22.7 Å². The van der Waals surface area contributed by atoms with Gasteiger partial charge in [-0.25, -0.2) is 9.97 Å². The first-order chi connectivity index (χ1) is 11.7. The summed E-state index contributed by atoms with van der Waals surface area (Å²) >= 11 is 0. The third-order valence-corrected chi connectivity index (χ3v) is 4.09. The molecule has 8 heteroatoms. The van der Waals surface area contributed by atoms with E-state index in [2.05, 4.69) is 20.2 Å². The first-order valence-corrected chi connectivity index (χ1v) is 7.81. The van der Waals surface area contributed by atoms with E-state index in [9.17, 15) is 0 Å². The average molecular weight is 326 g/mol. The van der Waals surface area contributed by atoms with E-state index in [1.807, 2.05) is 12.1 Å². The Hall–Kier alpha value is -2.87. The van der Waals surface area contributed by atoms with Gasteiger partial charge in [-0.2, -0.15) is 5.10 Å². The molecule has 3 aromatic rings. The summed E-state index contributed by atoms with van der Waals surface area (Å²) in [5.41, 5.74) is 14.1. The highest BCUT2D eigenvalue weighted by atomic mass is 16.5. The van der Waals surface area contributed by atoms with Crippen molar-refractivity contribution in [3.05, 3.63) is 24.4 Å². The molecule has 24 heavy (non-hydrogen) atoms. The highest BCUT2D eigenvalue weighted by Gasteiger charge is 2.19. The van der Waals surface area contributed by atoms with Crippen LogP contribution in [0.2, 0.25) is 0 Å². The summed E-state index contributed by atoms with van der Waals surface area (Å²) in [4.78, 5) is 8.20. The maximum absolute atomic E-state index is 6.21. The molecule has 2 aromatic heterocycles. The molecular weight excluding hydrogens is 308 g/mol. The number of hydrogen-bond donors (Lipinski definition) is 3. The van der Waals surface area contributed by atoms with Crippen molar-refractivity contribution in [1.82, 2.24) is 20.2 Å². The Morgan fingerprint density at radius 3 is 2.83 bits per heavy atom. The summed E-state index contributed by atoms with van der Waals surface area (Å²) in [6.07, 6.45) is 3.43. The van der Waals surface area contributed by atoms with Crippen molar-refractivity contribution in [2.45, 2.75) is 18.9 Å². The van der Waals surface area contributed by atoms with Crippen molar-refractivity contribution in [3.8, 4) is 17.0 Å². The zero-order valence-corrected chi connectivity index (χ0v) is 13.0. The fourth-order valence-electron chi connectivity index (χ4n) is 2.89. The summed E-state index contributed by atoms with van der Waals surface area (Å²) in [7, 11) is 0. The zero-order chi connectivity index (χ0) is 16.5. The summed E-state index contributed by atoms with van der Waals surface area (Å²) in [6.45, 7) is 1.41. The molecule has 4 rings (SSSR count). The molecule has 0 atom stereocenters. The van der Waals surface area contributed by atoms with E-state index in [1.54, 1.807) is 12.3 Å². The van der Waals surface area contributed by atoms with Crippen molar-refractivity contribution in [3.63, 3.8) is 0 Å². The van der Waals surface area contributed by atoms with E-state index >= 15 is 0 Å². The van der Waals surface area contributed by atoms with Crippen LogP contribution in [0.1, 0.15) is 12.8 Å². The van der Waals surface area contributed by atoms with Gasteiger partial charge in [-0.15, -0.1) is 0 Å². The monoisotopic (exact) mass is 326 g/mol. The number of hydrogen-bond acceptors (Lipinski definition) is 7. The van der Waals surface area contributed by atoms with E-state index in [1.165, 1.54) is 0 Å². The van der Waals surface area contributed by atoms with Crippen LogP contribution in [0.3, 0.4) is 0 Å². The van der Waals surface area contributed by atoms with E-state index in [-0.39, 0.29) is 12.1 Å². The Bertz CT molecular complexity index is 872. The van der Waals surface area contributed by atoms with Gasteiger partial charge < -0.3 is 20.9 Å². The normalized spacial score (nSPS) is 15.7. The largest absolute Gasteiger partial charge is 0.489 e. The lowest BCUT2D eigenvalue weighted by atomic mass is 10.1. The van der Waals surface area contributed by atoms with Crippen LogP contribution in [0.25, 0.3) is 22.2 Å². The van der Waals surface area contributed by atoms with E-state index in [0.717, 1.165) is 35.0 Å². The third kappa shape index (κ3) is 2.71. The number of nitrogens with one attached hydrogen (secondary N) is 1. The summed E-state index contributed by atoms with van der Waals surface area (Å²) < 4.78 is 11.6. The van der Waals surface area contributed by atoms with Gasteiger partial charge in [-0.05, 0) is 18.2 Å². The highest BCUT2D eigenvalue weighted by Crippen LogP contribution is 2.35. The number of ether oxygens (including phenoxy) is 2. The number of rotatable bonds is 3. The number of H-pyrrole nitrogens is 1. The van der Waals surface area contributed by atoms with E-state index in [0.29, 0.717) is 24.8 Å². The van der Waals surface area contributed by atoms with Crippen LogP contribution in [0.5, 0.6) is 5.75 Å². The predicted molar refractivity (Wildman–Crippen MR) is 90.4 cm³/mol. The van der Waals surface area contributed by atoms with Crippen LogP contribution in [0.4, 0.5) is 11.8 Å². The summed E-state index contributed by atoms with van der Waals surface area (Å²) in [6, 6.07) is 5.65. The lowest BCUT2D eigenvalue weighted by Crippen LogP contribution is -2.26. The van der Waals surface area contributed by atoms with Gasteiger partial charge in [0.1, 0.15) is 11.9 Å². The molecule has 5 N–H and O–H groups in total. The molecule has 1 aromatic carbocycles. The van der Waals surface area contributed by atoms with Crippen LogP contribution < -0.4 is 16.2 Å². The number of nitrogens with zero attached hydrogens (tertiary/aromatic N) is 3. The number of aromatic amines is 1. The minimum atomic E-state index is 0.0990. The van der Waals surface area contributed by atoms with E-state index < -0.39 is 0 Å². The van der Waals surface area contributed by atoms with Gasteiger partial charge in [0.05, 0.1) is 29.8 Å². The minimum absolute atomic E-state index is 0.0990. The first-order valence-electron chi connectivity index (χ1n) is 7.81. The number of aromatic nitrogens is 4. The second kappa shape index (κ2) is 5.97. The van der Waals surface area contributed by atoms with E-state index in [4.69, 9.17) is 20.9 Å². The quantitative estimate of drug-likeness (QED) is 0.669. The van der Waals surface area contributed by atoms with Crippen molar-refractivity contribution in [2.24, 2.45) is 0 Å². The third-order valence-electron chi connectivity index (χ3n) is 4.09. The lowest BCUT2D eigenvalue weighted by Gasteiger charge is -2.24. The Balaban J connectivity index is 1.79. The average Bonchev–Trinajstić information content (AvgIpc) is 2.97. The molecule has 1 saturated heterocycles. The zero-order valence-electron chi connectivity index (χ0n) is 13.0. The molecule has 8 nitrogen and oxygen atoms in total. The van der Waals surface area contributed by atoms with Crippen LogP contribution >= 0.6 is 0 Å². The lowest BCUT2D eigenvalue weighted by molar-refractivity contribution is 0.0262. The van der Waals surface area contributed by atoms with Crippen LogP contribution in [-0.4, -0.2) is 39.5 Å². The van der Waals surface area contributed by atoms with Gasteiger partial charge in [0.25, 0.3) is 0 Å². The summed E-state index contributed by atoms with van der Waals surface area (Å²) in [5, 5.41) is 7.81. The molecule has 1 fully saturated rings. The molecule has 0 aliphatic carbocycles. The Morgan fingerprint density at radius 2 is 2.04 bits per heavy atom. The molecule has 0 saturated carbocycles. The number of benzene rings is 1. The number of fused-ring (bicyclic) bond motifs is 1. The van der Waals surface area contributed by atoms with Crippen molar-refractivity contribution in [2.75, 3.05) is 24.7 Å². The van der Waals surface area contributed by atoms with Gasteiger partial charge >= 0.3 is 0 Å². The van der Waals surface area contributed by atoms with Gasteiger partial charge in [-0.3, -0.25) is 5.10 Å². The Labute approximate surface area is 138 Å². The van der Waals surface area contributed by atoms with Gasteiger partial charge in [-0.1, -0.05) is 0 Å². The van der Waals surface area contributed by atoms with Crippen LogP contribution in [0.15, 0.2) is 24.4 Å². The molecule has 3 heterocycles. The molecule has 1 aliphatic rings. The van der Waals surface area contributed by atoms with Gasteiger partial charge in [0.2, 0.25) is 5.95 Å². The standard InChI is InChI=1S/C16H18N6O2/c17-15-14-12(21-22-15)7-9(11-1-4-19-16(18)20-11)8-13(14)24-10-2-5-23-6-3-10/h1,4,7-8,10H,2-3,5-6H2,(H3,17,21,22)(H2,18,19,20). The maximum Gasteiger partial charge on any atom is 0.220 e. The molecule has 0 unspecified atom stereocenters. The Kier molecular flexibility index (Phi) is 3.66. The van der Waals surface area contributed by atoms with Crippen molar-refractivity contribution < 1.29 is 9.47 Å². The SMILES string of the molecule is Nc1nccc(-c2cc(OC3CCOCC3)c3c(N)n[nH]c3c2)n1. The number of anilines is 2. The summed E-state index contributed by atoms with van der Waals surface area (Å²) in [5.74, 6) is 1.34. The number of nitrogens with two attached hydrogens (primary N) is 2. The predicted octanol–water partition coefficient (Wildman–Crippen LogP) is 1.74. The molecule has 0 amide bonds. The number of nitrogen functional groups attached to an aromatic ring is 2. The van der Waals surface area contributed by atoms with Gasteiger partial charge in [0, 0.05) is 24.6 Å². The Morgan fingerprint density at radius 1 is 1.21 bits per heavy atom. The smallest absolute Gasteiger partial charge is 0.220 e. The molecular formula is C16H18N6O2. The van der Waals surface area contributed by atoms with Crippen LogP contribution in [-0.2, 0) is 4.74 Å². The fourth-order valence-corrected chi connectivity index (χ4v) is 2.89. The highest BCUT2D eigenvalue weighted by molar-refractivity contribution is 5.97. The molecule has 0 bridgehead atoms.